The summed E-state index contributed by atoms with van der Waals surface area (Å²) in [5.74, 6) is 0.0162. The van der Waals surface area contributed by atoms with Crippen LogP contribution < -0.4 is 11.1 Å². The highest BCUT2D eigenvalue weighted by molar-refractivity contribution is 7.16. The highest BCUT2D eigenvalue weighted by atomic mass is 35.5. The molecule has 3 N–H and O–H groups in total. The Hall–Kier alpha value is -1.47. The first kappa shape index (κ1) is 19.8. The average molecular weight is 382 g/mol. The zero-order chi connectivity index (χ0) is 17.1. The summed E-state index contributed by atoms with van der Waals surface area (Å²) >= 11 is 1.48. The Labute approximate surface area is 158 Å². The maximum atomic E-state index is 12.4. The summed E-state index contributed by atoms with van der Waals surface area (Å²) in [6, 6.07) is 7.72. The average Bonchev–Trinajstić information content (AvgIpc) is 2.96. The van der Waals surface area contributed by atoms with E-state index in [0.29, 0.717) is 18.3 Å². The van der Waals surface area contributed by atoms with Gasteiger partial charge in [-0.25, -0.2) is 4.98 Å². The molecule has 25 heavy (non-hydrogen) atoms. The molecule has 1 unspecified atom stereocenters. The van der Waals surface area contributed by atoms with E-state index < -0.39 is 6.04 Å². The minimum absolute atomic E-state index is 0. The molecule has 3 rings (SSSR count). The predicted molar refractivity (Wildman–Crippen MR) is 104 cm³/mol. The molecule has 1 amide bonds. The molecule has 1 aliphatic rings. The second-order valence-electron chi connectivity index (χ2n) is 6.25. The summed E-state index contributed by atoms with van der Waals surface area (Å²) in [5.41, 5.74) is 9.30. The van der Waals surface area contributed by atoms with Gasteiger partial charge in [0.1, 0.15) is 0 Å². The fourth-order valence-electron chi connectivity index (χ4n) is 2.91. The van der Waals surface area contributed by atoms with E-state index in [-0.39, 0.29) is 24.2 Å². The van der Waals surface area contributed by atoms with Crippen molar-refractivity contribution in [2.75, 3.05) is 18.5 Å². The van der Waals surface area contributed by atoms with Gasteiger partial charge in [0.15, 0.2) is 5.13 Å². The van der Waals surface area contributed by atoms with Gasteiger partial charge < -0.3 is 15.8 Å². The maximum Gasteiger partial charge on any atom is 0.243 e. The van der Waals surface area contributed by atoms with E-state index in [9.17, 15) is 4.79 Å². The minimum Gasteiger partial charge on any atom is -0.381 e. The third-order valence-corrected chi connectivity index (χ3v) is 5.31. The number of hydrogen-bond acceptors (Lipinski definition) is 5. The molecule has 7 heteroatoms. The number of carbonyl (C=O) groups excluding carboxylic acids is 1. The summed E-state index contributed by atoms with van der Waals surface area (Å²) in [4.78, 5) is 18.1. The minimum atomic E-state index is -0.513. The molecule has 0 spiro atoms. The summed E-state index contributed by atoms with van der Waals surface area (Å²) in [6.45, 7) is 5.43. The van der Waals surface area contributed by atoms with Crippen LogP contribution in [-0.4, -0.2) is 30.1 Å². The van der Waals surface area contributed by atoms with Gasteiger partial charge in [0.2, 0.25) is 5.91 Å². The Kier molecular flexibility index (Phi) is 6.95. The standard InChI is InChI=1S/C18H23N3O2S.ClH/c1-11-3-5-14(6-4-11)16-12(2)24-18(20-16)21-17(22)15(19)13-7-9-23-10-8-13;/h3-6,13,15H,7-10,19H2,1-2H3,(H,20,21,22);1H. The molecule has 1 saturated heterocycles. The third-order valence-electron chi connectivity index (χ3n) is 4.43. The maximum absolute atomic E-state index is 12.4. The predicted octanol–water partition coefficient (Wildman–Crippen LogP) is 3.54. The number of rotatable bonds is 4. The molecule has 2 heterocycles. The van der Waals surface area contributed by atoms with Crippen LogP contribution in [0.3, 0.4) is 0 Å². The lowest BCUT2D eigenvalue weighted by molar-refractivity contribution is -0.119. The number of ether oxygens (including phenoxy) is 1. The second kappa shape index (κ2) is 8.76. The van der Waals surface area contributed by atoms with E-state index in [1.54, 1.807) is 0 Å². The lowest BCUT2D eigenvalue weighted by Crippen LogP contribution is -2.43. The number of halogens is 1. The second-order valence-corrected chi connectivity index (χ2v) is 7.46. The number of carbonyl (C=O) groups is 1. The number of amides is 1. The SMILES string of the molecule is Cc1ccc(-c2nc(NC(=O)C(N)C3CCOCC3)sc2C)cc1.Cl. The molecular weight excluding hydrogens is 358 g/mol. The van der Waals surface area contributed by atoms with Gasteiger partial charge >= 0.3 is 0 Å². The first-order valence-corrected chi connectivity index (χ1v) is 9.05. The van der Waals surface area contributed by atoms with E-state index >= 15 is 0 Å². The van der Waals surface area contributed by atoms with E-state index in [1.165, 1.54) is 16.9 Å². The van der Waals surface area contributed by atoms with Crippen molar-refractivity contribution in [3.05, 3.63) is 34.7 Å². The van der Waals surface area contributed by atoms with E-state index in [4.69, 9.17) is 10.5 Å². The zero-order valence-electron chi connectivity index (χ0n) is 14.5. The Morgan fingerprint density at radius 1 is 1.28 bits per heavy atom. The van der Waals surface area contributed by atoms with Gasteiger partial charge in [-0.05, 0) is 32.6 Å². The highest BCUT2D eigenvalue weighted by Gasteiger charge is 2.27. The van der Waals surface area contributed by atoms with Gasteiger partial charge in [0.05, 0.1) is 11.7 Å². The van der Waals surface area contributed by atoms with E-state index in [0.717, 1.165) is 29.0 Å². The smallest absolute Gasteiger partial charge is 0.243 e. The fourth-order valence-corrected chi connectivity index (χ4v) is 3.75. The number of nitrogens with two attached hydrogens (primary N) is 1. The molecule has 0 bridgehead atoms. The number of aryl methyl sites for hydroxylation is 2. The Morgan fingerprint density at radius 3 is 2.56 bits per heavy atom. The van der Waals surface area contributed by atoms with Crippen molar-refractivity contribution in [3.8, 4) is 11.3 Å². The summed E-state index contributed by atoms with van der Waals surface area (Å²) in [5, 5.41) is 3.49. The van der Waals surface area contributed by atoms with Crippen LogP contribution in [0, 0.1) is 19.8 Å². The third kappa shape index (κ3) is 4.79. The number of aromatic nitrogens is 1. The van der Waals surface area contributed by atoms with Crippen LogP contribution in [0.5, 0.6) is 0 Å². The topological polar surface area (TPSA) is 77.2 Å². The molecule has 2 aromatic rings. The van der Waals surface area contributed by atoms with Crippen LogP contribution in [0.2, 0.25) is 0 Å². The van der Waals surface area contributed by atoms with Crippen molar-refractivity contribution >= 4 is 34.8 Å². The molecule has 0 aliphatic carbocycles. The van der Waals surface area contributed by atoms with Crippen molar-refractivity contribution in [3.63, 3.8) is 0 Å². The van der Waals surface area contributed by atoms with Crippen LogP contribution in [-0.2, 0) is 9.53 Å². The van der Waals surface area contributed by atoms with Gasteiger partial charge in [-0.1, -0.05) is 29.8 Å². The van der Waals surface area contributed by atoms with E-state index in [2.05, 4.69) is 41.5 Å². The molecule has 1 fully saturated rings. The monoisotopic (exact) mass is 381 g/mol. The van der Waals surface area contributed by atoms with Gasteiger partial charge in [-0.3, -0.25) is 4.79 Å². The number of hydrogen-bond donors (Lipinski definition) is 2. The van der Waals surface area contributed by atoms with Crippen LogP contribution >= 0.6 is 23.7 Å². The Balaban J connectivity index is 0.00000225. The molecule has 1 aliphatic heterocycles. The molecular formula is C18H24ClN3O2S. The van der Waals surface area contributed by atoms with Crippen LogP contribution in [0.1, 0.15) is 23.3 Å². The molecule has 1 aromatic heterocycles. The number of benzene rings is 1. The molecule has 0 saturated carbocycles. The number of thiazole rings is 1. The summed E-state index contributed by atoms with van der Waals surface area (Å²) < 4.78 is 5.33. The molecule has 1 aromatic carbocycles. The summed E-state index contributed by atoms with van der Waals surface area (Å²) in [7, 11) is 0. The zero-order valence-corrected chi connectivity index (χ0v) is 16.1. The molecule has 0 radical (unpaired) electrons. The van der Waals surface area contributed by atoms with Crippen LogP contribution in [0.15, 0.2) is 24.3 Å². The van der Waals surface area contributed by atoms with Crippen molar-refractivity contribution in [2.45, 2.75) is 32.7 Å². The summed E-state index contributed by atoms with van der Waals surface area (Å²) in [6.07, 6.45) is 1.67. The Morgan fingerprint density at radius 2 is 1.92 bits per heavy atom. The molecule has 136 valence electrons. The van der Waals surface area contributed by atoms with Gasteiger partial charge in [-0.15, -0.1) is 23.7 Å². The molecule has 5 nitrogen and oxygen atoms in total. The highest BCUT2D eigenvalue weighted by Crippen LogP contribution is 2.31. The van der Waals surface area contributed by atoms with Crippen molar-refractivity contribution in [2.24, 2.45) is 11.7 Å². The van der Waals surface area contributed by atoms with Crippen molar-refractivity contribution in [1.29, 1.82) is 0 Å². The first-order valence-electron chi connectivity index (χ1n) is 8.23. The van der Waals surface area contributed by atoms with Gasteiger partial charge in [0.25, 0.3) is 0 Å². The number of nitrogens with one attached hydrogen (secondary N) is 1. The first-order chi connectivity index (χ1) is 11.5. The molecule has 1 atom stereocenters. The number of anilines is 1. The van der Waals surface area contributed by atoms with Crippen molar-refractivity contribution < 1.29 is 9.53 Å². The lowest BCUT2D eigenvalue weighted by Gasteiger charge is -2.26. The fraction of sp³-hybridized carbons (Fsp3) is 0.444. The van der Waals surface area contributed by atoms with Crippen LogP contribution in [0.25, 0.3) is 11.3 Å². The van der Waals surface area contributed by atoms with Crippen LogP contribution in [0.4, 0.5) is 5.13 Å². The van der Waals surface area contributed by atoms with Gasteiger partial charge in [0, 0.05) is 23.7 Å². The quantitative estimate of drug-likeness (QED) is 0.849. The lowest BCUT2D eigenvalue weighted by atomic mass is 9.92. The van der Waals surface area contributed by atoms with E-state index in [1.807, 2.05) is 6.92 Å². The number of nitrogens with zero attached hydrogens (tertiary/aromatic N) is 1. The normalized spacial score (nSPS) is 16.1. The largest absolute Gasteiger partial charge is 0.381 e. The van der Waals surface area contributed by atoms with Crippen molar-refractivity contribution in [1.82, 2.24) is 4.98 Å². The van der Waals surface area contributed by atoms with Gasteiger partial charge in [-0.2, -0.15) is 0 Å². The Bertz CT molecular complexity index is 712.